The Bertz CT molecular complexity index is 416. The molecule has 0 aliphatic rings. The molecule has 0 spiro atoms. The second kappa shape index (κ2) is 3.67. The molecule has 14 heavy (non-hydrogen) atoms. The van der Waals surface area contributed by atoms with E-state index in [-0.39, 0.29) is 0 Å². The summed E-state index contributed by atoms with van der Waals surface area (Å²) in [5.41, 5.74) is 7.64. The lowest BCUT2D eigenvalue weighted by atomic mass is 10.3. The van der Waals surface area contributed by atoms with E-state index in [0.29, 0.717) is 13.1 Å². The molecular formula is C10H13N3O. The first-order valence-electron chi connectivity index (χ1n) is 4.53. The van der Waals surface area contributed by atoms with E-state index in [0.717, 1.165) is 16.9 Å². The molecule has 0 atom stereocenters. The summed E-state index contributed by atoms with van der Waals surface area (Å²) in [5, 5.41) is 4.17. The first-order chi connectivity index (χ1) is 6.78. The highest BCUT2D eigenvalue weighted by atomic mass is 16.3. The van der Waals surface area contributed by atoms with E-state index in [9.17, 15) is 0 Å². The minimum atomic E-state index is 0.516. The predicted molar refractivity (Wildman–Crippen MR) is 52.7 cm³/mol. The molecule has 2 aromatic rings. The molecule has 0 aliphatic heterocycles. The van der Waals surface area contributed by atoms with Crippen molar-refractivity contribution in [3.05, 3.63) is 41.6 Å². The second-order valence-corrected chi connectivity index (χ2v) is 3.34. The summed E-state index contributed by atoms with van der Waals surface area (Å²) in [7, 11) is 0. The minimum Gasteiger partial charge on any atom is -0.467 e. The maximum Gasteiger partial charge on any atom is 0.125 e. The molecule has 2 heterocycles. The van der Waals surface area contributed by atoms with Crippen molar-refractivity contribution < 1.29 is 4.42 Å². The second-order valence-electron chi connectivity index (χ2n) is 3.34. The molecule has 0 bridgehead atoms. The largest absolute Gasteiger partial charge is 0.467 e. The third-order valence-corrected chi connectivity index (χ3v) is 2.02. The van der Waals surface area contributed by atoms with Crippen molar-refractivity contribution in [2.24, 2.45) is 5.73 Å². The van der Waals surface area contributed by atoms with Gasteiger partial charge in [-0.1, -0.05) is 0 Å². The number of nitrogens with two attached hydrogens (primary N) is 1. The van der Waals surface area contributed by atoms with Crippen LogP contribution in [0.4, 0.5) is 0 Å². The molecule has 0 saturated carbocycles. The quantitative estimate of drug-likeness (QED) is 0.795. The maximum atomic E-state index is 5.48. The number of rotatable bonds is 3. The molecule has 74 valence electrons. The SMILES string of the molecule is Cc1cnn(Cc2cc(CN)co2)c1. The van der Waals surface area contributed by atoms with Gasteiger partial charge < -0.3 is 10.2 Å². The average Bonchev–Trinajstić information content (AvgIpc) is 2.76. The molecule has 4 nitrogen and oxygen atoms in total. The smallest absolute Gasteiger partial charge is 0.125 e. The van der Waals surface area contributed by atoms with Crippen molar-refractivity contribution in [1.82, 2.24) is 9.78 Å². The summed E-state index contributed by atoms with van der Waals surface area (Å²) >= 11 is 0. The first kappa shape index (κ1) is 9.02. The van der Waals surface area contributed by atoms with Gasteiger partial charge in [-0.15, -0.1) is 0 Å². The van der Waals surface area contributed by atoms with Gasteiger partial charge in [0, 0.05) is 18.3 Å². The van der Waals surface area contributed by atoms with Crippen molar-refractivity contribution in [3.63, 3.8) is 0 Å². The van der Waals surface area contributed by atoms with Crippen LogP contribution in [-0.2, 0) is 13.1 Å². The maximum absolute atomic E-state index is 5.48. The van der Waals surface area contributed by atoms with E-state index in [4.69, 9.17) is 10.2 Å². The number of hydrogen-bond acceptors (Lipinski definition) is 3. The number of hydrogen-bond donors (Lipinski definition) is 1. The lowest BCUT2D eigenvalue weighted by Gasteiger charge is -1.95. The molecule has 0 amide bonds. The van der Waals surface area contributed by atoms with Gasteiger partial charge in [0.05, 0.1) is 19.0 Å². The summed E-state index contributed by atoms with van der Waals surface area (Å²) in [5.74, 6) is 0.883. The molecule has 0 unspecified atom stereocenters. The molecule has 2 N–H and O–H groups in total. The number of nitrogens with zero attached hydrogens (tertiary/aromatic N) is 2. The third kappa shape index (κ3) is 1.85. The van der Waals surface area contributed by atoms with E-state index in [1.807, 2.05) is 30.1 Å². The molecule has 0 aliphatic carbocycles. The number of furan rings is 1. The molecule has 0 aromatic carbocycles. The highest BCUT2D eigenvalue weighted by molar-refractivity contribution is 5.13. The van der Waals surface area contributed by atoms with Crippen LogP contribution in [-0.4, -0.2) is 9.78 Å². The lowest BCUT2D eigenvalue weighted by molar-refractivity contribution is 0.478. The van der Waals surface area contributed by atoms with Gasteiger partial charge in [0.1, 0.15) is 5.76 Å². The molecule has 4 heteroatoms. The first-order valence-corrected chi connectivity index (χ1v) is 4.53. The van der Waals surface area contributed by atoms with Crippen LogP contribution >= 0.6 is 0 Å². The van der Waals surface area contributed by atoms with Crippen LogP contribution in [0.2, 0.25) is 0 Å². The minimum absolute atomic E-state index is 0.516. The van der Waals surface area contributed by atoms with Crippen LogP contribution in [0, 0.1) is 6.92 Å². The standard InChI is InChI=1S/C10H13N3O/c1-8-4-12-13(5-8)6-10-2-9(3-11)7-14-10/h2,4-5,7H,3,6,11H2,1H3. The topological polar surface area (TPSA) is 57.0 Å². The Labute approximate surface area is 82.3 Å². The van der Waals surface area contributed by atoms with Gasteiger partial charge in [0.15, 0.2) is 0 Å². The van der Waals surface area contributed by atoms with Gasteiger partial charge in [0.2, 0.25) is 0 Å². The molecule has 2 aromatic heterocycles. The summed E-state index contributed by atoms with van der Waals surface area (Å²) in [6.45, 7) is 3.19. The molecule has 0 saturated heterocycles. The van der Waals surface area contributed by atoms with E-state index >= 15 is 0 Å². The Morgan fingerprint density at radius 3 is 3.00 bits per heavy atom. The summed E-state index contributed by atoms with van der Waals surface area (Å²) in [4.78, 5) is 0. The number of aryl methyl sites for hydroxylation is 1. The summed E-state index contributed by atoms with van der Waals surface area (Å²) < 4.78 is 7.17. The molecular weight excluding hydrogens is 178 g/mol. The highest BCUT2D eigenvalue weighted by Gasteiger charge is 2.01. The van der Waals surface area contributed by atoms with Crippen molar-refractivity contribution in [2.75, 3.05) is 0 Å². The van der Waals surface area contributed by atoms with Crippen LogP contribution in [0.3, 0.4) is 0 Å². The van der Waals surface area contributed by atoms with Crippen LogP contribution in [0.15, 0.2) is 29.1 Å². The van der Waals surface area contributed by atoms with Crippen LogP contribution in [0.1, 0.15) is 16.9 Å². The Balaban J connectivity index is 2.10. The average molecular weight is 191 g/mol. The van der Waals surface area contributed by atoms with E-state index in [1.54, 1.807) is 6.26 Å². The van der Waals surface area contributed by atoms with Crippen molar-refractivity contribution in [1.29, 1.82) is 0 Å². The zero-order valence-corrected chi connectivity index (χ0v) is 8.10. The number of aromatic nitrogens is 2. The van der Waals surface area contributed by atoms with E-state index in [2.05, 4.69) is 5.10 Å². The van der Waals surface area contributed by atoms with Crippen LogP contribution < -0.4 is 5.73 Å². The lowest BCUT2D eigenvalue weighted by Crippen LogP contribution is -1.98. The Kier molecular flexibility index (Phi) is 2.37. The van der Waals surface area contributed by atoms with Gasteiger partial charge in [-0.3, -0.25) is 4.68 Å². The zero-order chi connectivity index (χ0) is 9.97. The molecule has 0 fully saturated rings. The zero-order valence-electron chi connectivity index (χ0n) is 8.10. The normalized spacial score (nSPS) is 10.7. The van der Waals surface area contributed by atoms with Crippen LogP contribution in [0.5, 0.6) is 0 Å². The fourth-order valence-corrected chi connectivity index (χ4v) is 1.33. The van der Waals surface area contributed by atoms with E-state index < -0.39 is 0 Å². The van der Waals surface area contributed by atoms with Gasteiger partial charge >= 0.3 is 0 Å². The fourth-order valence-electron chi connectivity index (χ4n) is 1.33. The highest BCUT2D eigenvalue weighted by Crippen LogP contribution is 2.08. The van der Waals surface area contributed by atoms with Gasteiger partial charge in [-0.05, 0) is 18.6 Å². The summed E-state index contributed by atoms with van der Waals surface area (Å²) in [6, 6.07) is 1.96. The fraction of sp³-hybridized carbons (Fsp3) is 0.300. The third-order valence-electron chi connectivity index (χ3n) is 2.02. The van der Waals surface area contributed by atoms with Gasteiger partial charge in [0.25, 0.3) is 0 Å². The molecule has 0 radical (unpaired) electrons. The van der Waals surface area contributed by atoms with Crippen molar-refractivity contribution in [2.45, 2.75) is 20.0 Å². The Hall–Kier alpha value is -1.55. The molecule has 2 rings (SSSR count). The monoisotopic (exact) mass is 191 g/mol. The van der Waals surface area contributed by atoms with Crippen LogP contribution in [0.25, 0.3) is 0 Å². The Morgan fingerprint density at radius 2 is 2.43 bits per heavy atom. The van der Waals surface area contributed by atoms with Crippen molar-refractivity contribution in [3.8, 4) is 0 Å². The van der Waals surface area contributed by atoms with Gasteiger partial charge in [-0.2, -0.15) is 5.10 Å². The summed E-state index contributed by atoms with van der Waals surface area (Å²) in [6.07, 6.45) is 5.49. The van der Waals surface area contributed by atoms with E-state index in [1.165, 1.54) is 0 Å². The van der Waals surface area contributed by atoms with Gasteiger partial charge in [-0.25, -0.2) is 0 Å². The van der Waals surface area contributed by atoms with Crippen molar-refractivity contribution >= 4 is 0 Å². The predicted octanol–water partition coefficient (Wildman–Crippen LogP) is 1.29. The Morgan fingerprint density at radius 1 is 1.57 bits per heavy atom.